The zero-order valence-electron chi connectivity index (χ0n) is 11.6. The summed E-state index contributed by atoms with van der Waals surface area (Å²) in [6.45, 7) is 2.26. The molecule has 0 amide bonds. The molecular weight excluding hydrogens is 250 g/mol. The molecular formula is C17H21NO2. The third-order valence-corrected chi connectivity index (χ3v) is 2.93. The first-order valence-electron chi connectivity index (χ1n) is 6.92. The predicted octanol–water partition coefficient (Wildman–Crippen LogP) is 2.63. The molecule has 0 saturated carbocycles. The SMILES string of the molecule is NCCOCCOc1ccc(Cc2ccccc2)cc1. The second kappa shape index (κ2) is 8.35. The van der Waals surface area contributed by atoms with Crippen LogP contribution in [0.25, 0.3) is 0 Å². The van der Waals surface area contributed by atoms with Gasteiger partial charge in [0.15, 0.2) is 0 Å². The van der Waals surface area contributed by atoms with Gasteiger partial charge in [-0.25, -0.2) is 0 Å². The fraction of sp³-hybridized carbons (Fsp3) is 0.294. The number of benzene rings is 2. The van der Waals surface area contributed by atoms with Gasteiger partial charge in [-0.1, -0.05) is 42.5 Å². The molecule has 0 aliphatic heterocycles. The number of hydrogen-bond donors (Lipinski definition) is 1. The highest BCUT2D eigenvalue weighted by Crippen LogP contribution is 2.15. The van der Waals surface area contributed by atoms with E-state index in [9.17, 15) is 0 Å². The lowest BCUT2D eigenvalue weighted by molar-refractivity contribution is 0.106. The number of hydrogen-bond acceptors (Lipinski definition) is 3. The molecule has 0 unspecified atom stereocenters. The summed E-state index contributed by atoms with van der Waals surface area (Å²) < 4.78 is 10.8. The highest BCUT2D eigenvalue weighted by Gasteiger charge is 1.98. The van der Waals surface area contributed by atoms with Gasteiger partial charge in [-0.15, -0.1) is 0 Å². The summed E-state index contributed by atoms with van der Waals surface area (Å²) in [7, 11) is 0. The molecule has 2 aromatic rings. The largest absolute Gasteiger partial charge is 0.491 e. The molecule has 2 rings (SSSR count). The topological polar surface area (TPSA) is 44.5 Å². The summed E-state index contributed by atoms with van der Waals surface area (Å²) in [6, 6.07) is 18.6. The van der Waals surface area contributed by atoms with Crippen LogP contribution in [0.5, 0.6) is 5.75 Å². The lowest BCUT2D eigenvalue weighted by atomic mass is 10.1. The van der Waals surface area contributed by atoms with Gasteiger partial charge in [0.05, 0.1) is 13.2 Å². The Hall–Kier alpha value is -1.84. The smallest absolute Gasteiger partial charge is 0.119 e. The molecule has 0 heterocycles. The van der Waals surface area contributed by atoms with Crippen LogP contribution in [0.1, 0.15) is 11.1 Å². The summed E-state index contributed by atoms with van der Waals surface area (Å²) >= 11 is 0. The van der Waals surface area contributed by atoms with Gasteiger partial charge in [-0.05, 0) is 29.7 Å². The normalized spacial score (nSPS) is 10.4. The highest BCUT2D eigenvalue weighted by molar-refractivity contribution is 5.31. The molecule has 0 saturated heterocycles. The molecule has 3 heteroatoms. The zero-order chi connectivity index (χ0) is 14.0. The maximum Gasteiger partial charge on any atom is 0.119 e. The standard InChI is InChI=1S/C17H21NO2/c18-10-11-19-12-13-20-17-8-6-16(7-9-17)14-15-4-2-1-3-5-15/h1-9H,10-14,18H2. The highest BCUT2D eigenvalue weighted by atomic mass is 16.5. The van der Waals surface area contributed by atoms with Gasteiger partial charge in [0.25, 0.3) is 0 Å². The van der Waals surface area contributed by atoms with Crippen molar-refractivity contribution in [1.82, 2.24) is 0 Å². The Bertz CT molecular complexity index is 482. The minimum absolute atomic E-state index is 0.550. The Morgan fingerprint density at radius 3 is 2.15 bits per heavy atom. The van der Waals surface area contributed by atoms with E-state index in [1.165, 1.54) is 11.1 Å². The van der Waals surface area contributed by atoms with Gasteiger partial charge in [-0.2, -0.15) is 0 Å². The average molecular weight is 271 g/mol. The van der Waals surface area contributed by atoms with Crippen LogP contribution in [0.4, 0.5) is 0 Å². The lowest BCUT2D eigenvalue weighted by Crippen LogP contribution is -2.13. The van der Waals surface area contributed by atoms with Gasteiger partial charge >= 0.3 is 0 Å². The third-order valence-electron chi connectivity index (χ3n) is 2.93. The van der Waals surface area contributed by atoms with Crippen molar-refractivity contribution in [3.05, 3.63) is 65.7 Å². The van der Waals surface area contributed by atoms with Gasteiger partial charge in [0, 0.05) is 6.54 Å². The summed E-state index contributed by atoms with van der Waals surface area (Å²) in [5.41, 5.74) is 7.93. The van der Waals surface area contributed by atoms with E-state index in [0.29, 0.717) is 26.4 Å². The van der Waals surface area contributed by atoms with E-state index < -0.39 is 0 Å². The molecule has 106 valence electrons. The second-order valence-corrected chi connectivity index (χ2v) is 4.56. The summed E-state index contributed by atoms with van der Waals surface area (Å²) in [5.74, 6) is 0.873. The van der Waals surface area contributed by atoms with Crippen LogP contribution in [-0.4, -0.2) is 26.4 Å². The summed E-state index contributed by atoms with van der Waals surface area (Å²) in [4.78, 5) is 0. The molecule has 0 radical (unpaired) electrons. The molecule has 0 aromatic heterocycles. The molecule has 0 atom stereocenters. The monoisotopic (exact) mass is 271 g/mol. The van der Waals surface area contributed by atoms with E-state index in [0.717, 1.165) is 12.2 Å². The van der Waals surface area contributed by atoms with E-state index in [4.69, 9.17) is 15.2 Å². The van der Waals surface area contributed by atoms with Crippen molar-refractivity contribution >= 4 is 0 Å². The van der Waals surface area contributed by atoms with Crippen molar-refractivity contribution in [2.75, 3.05) is 26.4 Å². The Balaban J connectivity index is 1.78. The maximum absolute atomic E-state index is 5.59. The van der Waals surface area contributed by atoms with Gasteiger partial charge in [-0.3, -0.25) is 0 Å². The van der Waals surface area contributed by atoms with Crippen LogP contribution in [0.15, 0.2) is 54.6 Å². The van der Waals surface area contributed by atoms with Crippen LogP contribution < -0.4 is 10.5 Å². The molecule has 20 heavy (non-hydrogen) atoms. The van der Waals surface area contributed by atoms with E-state index in [2.05, 4.69) is 36.4 Å². The minimum atomic E-state index is 0.550. The molecule has 0 bridgehead atoms. The predicted molar refractivity (Wildman–Crippen MR) is 81.1 cm³/mol. The Morgan fingerprint density at radius 1 is 0.750 bits per heavy atom. The fourth-order valence-electron chi connectivity index (χ4n) is 1.94. The Morgan fingerprint density at radius 2 is 1.45 bits per heavy atom. The average Bonchev–Trinajstić information content (AvgIpc) is 2.50. The molecule has 3 nitrogen and oxygen atoms in total. The molecule has 0 aliphatic carbocycles. The van der Waals surface area contributed by atoms with Crippen molar-refractivity contribution in [2.24, 2.45) is 5.73 Å². The first kappa shape index (κ1) is 14.6. The van der Waals surface area contributed by atoms with Crippen molar-refractivity contribution in [3.8, 4) is 5.75 Å². The quantitative estimate of drug-likeness (QED) is 0.751. The third kappa shape index (κ3) is 5.03. The van der Waals surface area contributed by atoms with E-state index in [-0.39, 0.29) is 0 Å². The van der Waals surface area contributed by atoms with Crippen LogP contribution >= 0.6 is 0 Å². The van der Waals surface area contributed by atoms with Gasteiger partial charge in [0.1, 0.15) is 12.4 Å². The van der Waals surface area contributed by atoms with Crippen LogP contribution in [0.2, 0.25) is 0 Å². The number of rotatable bonds is 8. The summed E-state index contributed by atoms with van der Waals surface area (Å²) in [6.07, 6.45) is 0.945. The number of nitrogens with two attached hydrogens (primary N) is 1. The van der Waals surface area contributed by atoms with Crippen molar-refractivity contribution in [1.29, 1.82) is 0 Å². The molecule has 0 aliphatic rings. The zero-order valence-corrected chi connectivity index (χ0v) is 11.6. The van der Waals surface area contributed by atoms with Gasteiger partial charge in [0.2, 0.25) is 0 Å². The van der Waals surface area contributed by atoms with E-state index in [1.807, 2.05) is 18.2 Å². The lowest BCUT2D eigenvalue weighted by Gasteiger charge is -2.08. The fourth-order valence-corrected chi connectivity index (χ4v) is 1.94. The molecule has 0 spiro atoms. The van der Waals surface area contributed by atoms with Gasteiger partial charge < -0.3 is 15.2 Å². The molecule has 0 fully saturated rings. The van der Waals surface area contributed by atoms with Crippen LogP contribution in [-0.2, 0) is 11.2 Å². The first-order valence-corrected chi connectivity index (χ1v) is 6.92. The van der Waals surface area contributed by atoms with E-state index in [1.54, 1.807) is 0 Å². The van der Waals surface area contributed by atoms with Crippen molar-refractivity contribution in [2.45, 2.75) is 6.42 Å². The first-order chi connectivity index (χ1) is 9.88. The maximum atomic E-state index is 5.59. The number of ether oxygens (including phenoxy) is 2. The summed E-state index contributed by atoms with van der Waals surface area (Å²) in [5, 5.41) is 0. The molecule has 2 N–H and O–H groups in total. The minimum Gasteiger partial charge on any atom is -0.491 e. The second-order valence-electron chi connectivity index (χ2n) is 4.56. The molecule has 2 aromatic carbocycles. The van der Waals surface area contributed by atoms with E-state index >= 15 is 0 Å². The van der Waals surface area contributed by atoms with Crippen molar-refractivity contribution < 1.29 is 9.47 Å². The van der Waals surface area contributed by atoms with Crippen LogP contribution in [0.3, 0.4) is 0 Å². The Kier molecular flexibility index (Phi) is 6.08. The Labute approximate surface area is 120 Å². The van der Waals surface area contributed by atoms with Crippen molar-refractivity contribution in [3.63, 3.8) is 0 Å². The van der Waals surface area contributed by atoms with Crippen LogP contribution in [0, 0.1) is 0 Å².